The molecule has 10 heteroatoms. The summed E-state index contributed by atoms with van der Waals surface area (Å²) in [6, 6.07) is 7.45. The summed E-state index contributed by atoms with van der Waals surface area (Å²) < 4.78 is 2.01. The molecule has 0 aliphatic rings. The highest BCUT2D eigenvalue weighted by Gasteiger charge is 2.14. The number of carbonyl (C=O) groups excluding carboxylic acids is 1. The summed E-state index contributed by atoms with van der Waals surface area (Å²) in [5.41, 5.74) is 3.85. The second-order valence-corrected chi connectivity index (χ2v) is 5.15. The molecule has 0 spiro atoms. The van der Waals surface area contributed by atoms with Gasteiger partial charge in [0.15, 0.2) is 0 Å². The van der Waals surface area contributed by atoms with Crippen molar-refractivity contribution in [2.45, 2.75) is 13.5 Å². The van der Waals surface area contributed by atoms with Crippen molar-refractivity contribution in [1.82, 2.24) is 20.2 Å². The zero-order chi connectivity index (χ0) is 16.1. The molecule has 114 valence electrons. The van der Waals surface area contributed by atoms with Gasteiger partial charge >= 0.3 is 5.95 Å². The van der Waals surface area contributed by atoms with Gasteiger partial charge in [0.05, 0.1) is 5.71 Å². The van der Waals surface area contributed by atoms with E-state index in [2.05, 4.69) is 36.5 Å². The van der Waals surface area contributed by atoms with Gasteiger partial charge < -0.3 is 10.1 Å². The van der Waals surface area contributed by atoms with E-state index in [9.17, 15) is 14.9 Å². The van der Waals surface area contributed by atoms with Crippen LogP contribution in [0.2, 0.25) is 0 Å². The van der Waals surface area contributed by atoms with Crippen molar-refractivity contribution in [3.63, 3.8) is 0 Å². The molecule has 0 atom stereocenters. The molecule has 0 bridgehead atoms. The molecule has 2 aromatic rings. The predicted molar refractivity (Wildman–Crippen MR) is 81.2 cm³/mol. The van der Waals surface area contributed by atoms with Crippen LogP contribution in [0.3, 0.4) is 0 Å². The number of nitrogens with zero attached hydrogens (tertiary/aromatic N) is 5. The maximum absolute atomic E-state index is 11.7. The lowest BCUT2D eigenvalue weighted by Crippen LogP contribution is -2.24. The molecule has 2 rings (SSSR count). The van der Waals surface area contributed by atoms with Gasteiger partial charge in [-0.1, -0.05) is 33.0 Å². The summed E-state index contributed by atoms with van der Waals surface area (Å²) in [5.74, 6) is -1.02. The van der Waals surface area contributed by atoms with E-state index in [1.807, 2.05) is 24.3 Å². The lowest BCUT2D eigenvalue weighted by atomic mass is 10.1. The van der Waals surface area contributed by atoms with Crippen molar-refractivity contribution in [3.05, 3.63) is 50.7 Å². The highest BCUT2D eigenvalue weighted by atomic mass is 79.9. The zero-order valence-electron chi connectivity index (χ0n) is 11.4. The number of nitro groups is 1. The van der Waals surface area contributed by atoms with Crippen LogP contribution < -0.4 is 5.43 Å². The molecule has 22 heavy (non-hydrogen) atoms. The number of nitrogens with one attached hydrogen (secondary N) is 1. The third kappa shape index (κ3) is 4.19. The van der Waals surface area contributed by atoms with Gasteiger partial charge in [-0.15, -0.1) is 0 Å². The van der Waals surface area contributed by atoms with Crippen molar-refractivity contribution in [1.29, 1.82) is 0 Å². The highest BCUT2D eigenvalue weighted by molar-refractivity contribution is 9.10. The number of amides is 1. The lowest BCUT2D eigenvalue weighted by Gasteiger charge is -2.02. The van der Waals surface area contributed by atoms with Gasteiger partial charge in [0.1, 0.15) is 6.54 Å². The van der Waals surface area contributed by atoms with Crippen molar-refractivity contribution < 1.29 is 9.72 Å². The minimum Gasteiger partial charge on any atom is -0.390 e. The predicted octanol–water partition coefficient (Wildman–Crippen LogP) is 1.49. The Balaban J connectivity index is 1.95. The van der Waals surface area contributed by atoms with Gasteiger partial charge in [-0.3, -0.25) is 4.79 Å². The Hall–Kier alpha value is -2.62. The molecular weight excluding hydrogens is 356 g/mol. The van der Waals surface area contributed by atoms with Crippen molar-refractivity contribution in [3.8, 4) is 0 Å². The SMILES string of the molecule is CC(=NNC(=O)Cn1cnc([N+](=O)[O-])n1)c1ccc(Br)cc1. The summed E-state index contributed by atoms with van der Waals surface area (Å²) in [4.78, 5) is 24.9. The molecule has 0 fully saturated rings. The van der Waals surface area contributed by atoms with Crippen LogP contribution >= 0.6 is 15.9 Å². The second-order valence-electron chi connectivity index (χ2n) is 4.24. The summed E-state index contributed by atoms with van der Waals surface area (Å²) >= 11 is 3.33. The number of aromatic nitrogens is 3. The number of benzene rings is 1. The maximum Gasteiger partial charge on any atom is 0.490 e. The van der Waals surface area contributed by atoms with E-state index >= 15 is 0 Å². The minimum absolute atomic E-state index is 0.210. The molecule has 1 aromatic carbocycles. The third-order valence-electron chi connectivity index (χ3n) is 2.60. The number of carbonyl (C=O) groups is 1. The van der Waals surface area contributed by atoms with Gasteiger partial charge in [0.2, 0.25) is 6.33 Å². The Kier molecular flexibility index (Phi) is 4.94. The Labute approximate surface area is 133 Å². The second kappa shape index (κ2) is 6.89. The Morgan fingerprint density at radius 3 is 2.73 bits per heavy atom. The molecule has 1 N–H and O–H groups in total. The number of halogens is 1. The monoisotopic (exact) mass is 366 g/mol. The van der Waals surface area contributed by atoms with Crippen LogP contribution in [0.25, 0.3) is 0 Å². The fraction of sp³-hybridized carbons (Fsp3) is 0.167. The molecule has 0 saturated heterocycles. The summed E-state index contributed by atoms with van der Waals surface area (Å²) in [6.45, 7) is 1.54. The Morgan fingerprint density at radius 2 is 2.14 bits per heavy atom. The molecule has 1 amide bonds. The van der Waals surface area contributed by atoms with Crippen molar-refractivity contribution in [2.24, 2.45) is 5.10 Å². The van der Waals surface area contributed by atoms with Crippen LogP contribution in [-0.2, 0) is 11.3 Å². The van der Waals surface area contributed by atoms with Crippen LogP contribution in [0.15, 0.2) is 40.2 Å². The van der Waals surface area contributed by atoms with E-state index in [0.717, 1.165) is 21.0 Å². The van der Waals surface area contributed by atoms with Gasteiger partial charge in [-0.2, -0.15) is 9.78 Å². The smallest absolute Gasteiger partial charge is 0.390 e. The highest BCUT2D eigenvalue weighted by Crippen LogP contribution is 2.11. The average Bonchev–Trinajstić information content (AvgIpc) is 2.94. The van der Waals surface area contributed by atoms with Crippen molar-refractivity contribution in [2.75, 3.05) is 0 Å². The van der Waals surface area contributed by atoms with Gasteiger partial charge in [-0.05, 0) is 29.5 Å². The number of hydrazone groups is 1. The van der Waals surface area contributed by atoms with Gasteiger partial charge in [0, 0.05) is 9.57 Å². The summed E-state index contributed by atoms with van der Waals surface area (Å²) in [6.07, 6.45) is 1.11. The van der Waals surface area contributed by atoms with E-state index in [-0.39, 0.29) is 6.54 Å². The standard InChI is InChI=1S/C12H11BrN6O3/c1-8(9-2-4-10(13)5-3-9)15-16-11(20)6-18-7-14-12(17-18)19(21)22/h2-5,7H,6H2,1H3,(H,16,20). The van der Waals surface area contributed by atoms with Crippen LogP contribution in [0, 0.1) is 10.1 Å². The molecule has 0 saturated carbocycles. The molecule has 9 nitrogen and oxygen atoms in total. The van der Waals surface area contributed by atoms with E-state index in [0.29, 0.717) is 5.71 Å². The van der Waals surface area contributed by atoms with Gasteiger partial charge in [-0.25, -0.2) is 5.43 Å². The first kappa shape index (κ1) is 15.8. The normalized spacial score (nSPS) is 11.3. The van der Waals surface area contributed by atoms with Crippen molar-refractivity contribution >= 4 is 33.5 Å². The largest absolute Gasteiger partial charge is 0.490 e. The molecule has 0 radical (unpaired) electrons. The number of hydrogen-bond acceptors (Lipinski definition) is 6. The van der Waals surface area contributed by atoms with E-state index in [4.69, 9.17) is 0 Å². The van der Waals surface area contributed by atoms with E-state index in [1.54, 1.807) is 6.92 Å². The minimum atomic E-state index is -0.732. The first-order valence-corrected chi connectivity index (χ1v) is 6.88. The fourth-order valence-corrected chi connectivity index (χ4v) is 1.79. The lowest BCUT2D eigenvalue weighted by molar-refractivity contribution is -0.394. The maximum atomic E-state index is 11.7. The molecule has 0 unspecified atom stereocenters. The van der Waals surface area contributed by atoms with E-state index in [1.165, 1.54) is 0 Å². The Bertz CT molecular complexity index is 725. The van der Waals surface area contributed by atoms with Gasteiger partial charge in [0.25, 0.3) is 5.91 Å². The van der Waals surface area contributed by atoms with Crippen LogP contribution in [0.1, 0.15) is 12.5 Å². The average molecular weight is 367 g/mol. The Morgan fingerprint density at radius 1 is 1.45 bits per heavy atom. The molecular formula is C12H11BrN6O3. The third-order valence-corrected chi connectivity index (χ3v) is 3.13. The number of rotatable bonds is 5. The number of hydrogen-bond donors (Lipinski definition) is 1. The van der Waals surface area contributed by atoms with Crippen LogP contribution in [-0.4, -0.2) is 31.3 Å². The fourth-order valence-electron chi connectivity index (χ4n) is 1.53. The van der Waals surface area contributed by atoms with Crippen LogP contribution in [0.4, 0.5) is 5.95 Å². The first-order chi connectivity index (χ1) is 10.5. The van der Waals surface area contributed by atoms with Crippen LogP contribution in [0.5, 0.6) is 0 Å². The van der Waals surface area contributed by atoms with E-state index < -0.39 is 16.8 Å². The topological polar surface area (TPSA) is 115 Å². The quantitative estimate of drug-likeness (QED) is 0.488. The molecule has 0 aliphatic heterocycles. The zero-order valence-corrected chi connectivity index (χ0v) is 13.0. The molecule has 1 aromatic heterocycles. The molecule has 0 aliphatic carbocycles. The first-order valence-electron chi connectivity index (χ1n) is 6.08. The molecule has 1 heterocycles. The summed E-state index contributed by atoms with van der Waals surface area (Å²) in [5, 5.41) is 17.9. The summed E-state index contributed by atoms with van der Waals surface area (Å²) in [7, 11) is 0.